The molecular formula is C15H13Cl2N3. The van der Waals surface area contributed by atoms with E-state index in [-0.39, 0.29) is 0 Å². The van der Waals surface area contributed by atoms with Gasteiger partial charge in [0.15, 0.2) is 5.82 Å². The van der Waals surface area contributed by atoms with Gasteiger partial charge in [-0.15, -0.1) is 0 Å². The highest BCUT2D eigenvalue weighted by Gasteiger charge is 2.13. The molecule has 3 nitrogen and oxygen atoms in total. The van der Waals surface area contributed by atoms with Gasteiger partial charge in [-0.2, -0.15) is 0 Å². The molecule has 2 aliphatic heterocycles. The van der Waals surface area contributed by atoms with Crippen LogP contribution >= 0.6 is 23.2 Å². The molecular weight excluding hydrogens is 293 g/mol. The largest absolute Gasteiger partial charge is 0.352 e. The fourth-order valence-electron chi connectivity index (χ4n) is 2.11. The van der Waals surface area contributed by atoms with Crippen LogP contribution in [0.1, 0.15) is 13.3 Å². The first-order valence-electron chi connectivity index (χ1n) is 6.46. The first-order valence-corrected chi connectivity index (χ1v) is 7.22. The molecule has 0 bridgehead atoms. The lowest BCUT2D eigenvalue weighted by molar-refractivity contribution is 0.674. The zero-order valence-electron chi connectivity index (χ0n) is 11.0. The molecule has 2 heterocycles. The third kappa shape index (κ3) is 2.51. The summed E-state index contributed by atoms with van der Waals surface area (Å²) >= 11 is 12.0. The number of hydrogen-bond acceptors (Lipinski definition) is 2. The molecule has 0 spiro atoms. The van der Waals surface area contributed by atoms with Crippen LogP contribution in [0.3, 0.4) is 0 Å². The second-order valence-corrected chi connectivity index (χ2v) is 5.44. The molecule has 0 unspecified atom stereocenters. The standard InChI is InChI=1S/C15H13Cl2N3/c1-2-6-20-7-5-13-14(9-20)19-15(18-13)10-3-4-11(16)12(17)8-10/h3-5,7-9H,2,6H2,1H3. The first kappa shape index (κ1) is 13.4. The SMILES string of the molecule is CCCn1ccc2nc(-c3ccc(Cl)c(Cl)c3)nc-2c1. The van der Waals surface area contributed by atoms with Gasteiger partial charge in [-0.1, -0.05) is 30.1 Å². The number of hydrogen-bond donors (Lipinski definition) is 0. The average molecular weight is 306 g/mol. The van der Waals surface area contributed by atoms with E-state index in [1.165, 1.54) is 0 Å². The van der Waals surface area contributed by atoms with Crippen molar-refractivity contribution in [2.45, 2.75) is 19.9 Å². The monoisotopic (exact) mass is 305 g/mol. The van der Waals surface area contributed by atoms with Crippen LogP contribution in [0.25, 0.3) is 22.8 Å². The summed E-state index contributed by atoms with van der Waals surface area (Å²) in [5, 5.41) is 1.05. The molecule has 0 fully saturated rings. The Morgan fingerprint density at radius 1 is 1.05 bits per heavy atom. The second-order valence-electron chi connectivity index (χ2n) is 4.63. The highest BCUT2D eigenvalue weighted by Crippen LogP contribution is 2.29. The number of rotatable bonds is 3. The van der Waals surface area contributed by atoms with Gasteiger partial charge < -0.3 is 4.57 Å². The summed E-state index contributed by atoms with van der Waals surface area (Å²) in [6.07, 6.45) is 5.13. The minimum atomic E-state index is 0.513. The summed E-state index contributed by atoms with van der Waals surface area (Å²) in [6.45, 7) is 3.12. The maximum atomic E-state index is 6.04. The molecule has 0 aromatic heterocycles. The maximum Gasteiger partial charge on any atom is 0.160 e. The molecule has 0 atom stereocenters. The number of nitrogens with zero attached hydrogens (tertiary/aromatic N) is 3. The summed E-state index contributed by atoms with van der Waals surface area (Å²) in [4.78, 5) is 9.09. The summed E-state index contributed by atoms with van der Waals surface area (Å²) in [6, 6.07) is 7.41. The van der Waals surface area contributed by atoms with Crippen molar-refractivity contribution >= 4 is 23.2 Å². The van der Waals surface area contributed by atoms with E-state index in [2.05, 4.69) is 21.5 Å². The number of halogens is 2. The van der Waals surface area contributed by atoms with Gasteiger partial charge >= 0.3 is 0 Å². The minimum Gasteiger partial charge on any atom is -0.352 e. The van der Waals surface area contributed by atoms with E-state index in [0.717, 1.165) is 29.9 Å². The average Bonchev–Trinajstić information content (AvgIpc) is 2.85. The van der Waals surface area contributed by atoms with Crippen molar-refractivity contribution in [1.82, 2.24) is 14.5 Å². The van der Waals surface area contributed by atoms with Gasteiger partial charge in [0.2, 0.25) is 0 Å². The van der Waals surface area contributed by atoms with Crippen LogP contribution in [-0.4, -0.2) is 14.5 Å². The van der Waals surface area contributed by atoms with Crippen LogP contribution in [0.2, 0.25) is 10.0 Å². The molecule has 0 saturated carbocycles. The predicted octanol–water partition coefficient (Wildman–Crippen LogP) is 4.77. The highest BCUT2D eigenvalue weighted by molar-refractivity contribution is 6.42. The van der Waals surface area contributed by atoms with Crippen molar-refractivity contribution in [3.63, 3.8) is 0 Å². The fraction of sp³-hybridized carbons (Fsp3) is 0.200. The third-order valence-corrected chi connectivity index (χ3v) is 3.83. The van der Waals surface area contributed by atoms with E-state index in [4.69, 9.17) is 23.2 Å². The number of aryl methyl sites for hydroxylation is 1. The Hall–Kier alpha value is -1.58. The van der Waals surface area contributed by atoms with Crippen molar-refractivity contribution in [2.24, 2.45) is 0 Å². The highest BCUT2D eigenvalue weighted by atomic mass is 35.5. The predicted molar refractivity (Wildman–Crippen MR) is 82.4 cm³/mol. The van der Waals surface area contributed by atoms with Crippen LogP contribution in [0.15, 0.2) is 36.7 Å². The number of fused-ring (bicyclic) bond motifs is 1. The molecule has 0 N–H and O–H groups in total. The zero-order chi connectivity index (χ0) is 14.1. The molecule has 1 aromatic carbocycles. The summed E-state index contributed by atoms with van der Waals surface area (Å²) in [5.41, 5.74) is 2.65. The first-order chi connectivity index (χ1) is 9.67. The van der Waals surface area contributed by atoms with Gasteiger partial charge in [0.25, 0.3) is 0 Å². The van der Waals surface area contributed by atoms with Crippen LogP contribution < -0.4 is 0 Å². The number of pyridine rings is 1. The number of benzene rings is 1. The van der Waals surface area contributed by atoms with Crippen molar-refractivity contribution in [3.8, 4) is 22.8 Å². The molecule has 5 heteroatoms. The van der Waals surface area contributed by atoms with Crippen molar-refractivity contribution in [3.05, 3.63) is 46.7 Å². The van der Waals surface area contributed by atoms with Gasteiger partial charge in [0, 0.05) is 24.5 Å². The Kier molecular flexibility index (Phi) is 3.64. The second kappa shape index (κ2) is 5.43. The Labute approximate surface area is 127 Å². The van der Waals surface area contributed by atoms with E-state index in [1.807, 2.05) is 24.5 Å². The number of aromatic nitrogens is 3. The van der Waals surface area contributed by atoms with Crippen molar-refractivity contribution < 1.29 is 0 Å². The van der Waals surface area contributed by atoms with Crippen LogP contribution in [0.5, 0.6) is 0 Å². The lowest BCUT2D eigenvalue weighted by atomic mass is 10.2. The summed E-state index contributed by atoms with van der Waals surface area (Å²) < 4.78 is 2.12. The molecule has 3 rings (SSSR count). The lowest BCUT2D eigenvalue weighted by Crippen LogP contribution is -1.97. The van der Waals surface area contributed by atoms with Crippen LogP contribution in [-0.2, 0) is 6.54 Å². The molecule has 0 radical (unpaired) electrons. The number of imidazole rings is 1. The summed E-state index contributed by atoms with van der Waals surface area (Å²) in [7, 11) is 0. The van der Waals surface area contributed by atoms with Gasteiger partial charge in [-0.3, -0.25) is 0 Å². The molecule has 1 aromatic rings. The van der Waals surface area contributed by atoms with Gasteiger partial charge in [-0.05, 0) is 30.7 Å². The molecule has 2 aliphatic rings. The fourth-order valence-corrected chi connectivity index (χ4v) is 2.41. The molecule has 0 amide bonds. The molecule has 102 valence electrons. The van der Waals surface area contributed by atoms with Crippen LogP contribution in [0, 0.1) is 0 Å². The van der Waals surface area contributed by atoms with Crippen molar-refractivity contribution in [2.75, 3.05) is 0 Å². The zero-order valence-corrected chi connectivity index (χ0v) is 12.5. The van der Waals surface area contributed by atoms with E-state index >= 15 is 0 Å². The van der Waals surface area contributed by atoms with Gasteiger partial charge in [-0.25, -0.2) is 9.97 Å². The smallest absolute Gasteiger partial charge is 0.160 e. The molecule has 0 saturated heterocycles. The van der Waals surface area contributed by atoms with Crippen molar-refractivity contribution in [1.29, 1.82) is 0 Å². The third-order valence-electron chi connectivity index (χ3n) is 3.09. The Morgan fingerprint density at radius 2 is 1.85 bits per heavy atom. The molecule has 0 aliphatic carbocycles. The lowest BCUT2D eigenvalue weighted by Gasteiger charge is -2.04. The summed E-state index contributed by atoms with van der Waals surface area (Å²) in [5.74, 6) is 0.674. The van der Waals surface area contributed by atoms with Crippen LogP contribution in [0.4, 0.5) is 0 Å². The topological polar surface area (TPSA) is 30.7 Å². The van der Waals surface area contributed by atoms with E-state index in [9.17, 15) is 0 Å². The van der Waals surface area contributed by atoms with Gasteiger partial charge in [0.1, 0.15) is 5.69 Å². The molecule has 20 heavy (non-hydrogen) atoms. The van der Waals surface area contributed by atoms with Gasteiger partial charge in [0.05, 0.1) is 15.7 Å². The van der Waals surface area contributed by atoms with E-state index in [1.54, 1.807) is 12.1 Å². The maximum absolute atomic E-state index is 6.04. The Bertz CT molecular complexity index is 721. The van der Waals surface area contributed by atoms with E-state index in [0.29, 0.717) is 15.9 Å². The Balaban J connectivity index is 2.04. The quantitative estimate of drug-likeness (QED) is 0.698. The minimum absolute atomic E-state index is 0.513. The van der Waals surface area contributed by atoms with E-state index < -0.39 is 0 Å². The Morgan fingerprint density at radius 3 is 2.60 bits per heavy atom. The normalized spacial score (nSPS) is 11.2.